The normalized spacial score (nSPS) is 15.4. The molecule has 144 valence electrons. The van der Waals surface area contributed by atoms with Crippen LogP contribution < -0.4 is 14.8 Å². The molecule has 0 aliphatic carbocycles. The van der Waals surface area contributed by atoms with Gasteiger partial charge >= 0.3 is 0 Å². The highest BCUT2D eigenvalue weighted by atomic mass is 35.5. The second kappa shape index (κ2) is 7.90. The first-order valence-corrected chi connectivity index (χ1v) is 9.16. The van der Waals surface area contributed by atoms with Crippen molar-refractivity contribution in [2.45, 2.75) is 13.0 Å². The second-order valence-electron chi connectivity index (χ2n) is 6.40. The summed E-state index contributed by atoms with van der Waals surface area (Å²) in [5, 5.41) is 7.38. The molecule has 1 aliphatic rings. The van der Waals surface area contributed by atoms with Crippen LogP contribution in [-0.2, 0) is 17.8 Å². The molecule has 4 rings (SSSR count). The molecule has 1 amide bonds. The molecule has 1 atom stereocenters. The van der Waals surface area contributed by atoms with Crippen LogP contribution >= 0.6 is 11.6 Å². The number of nitrogens with zero attached hydrogens (tertiary/aromatic N) is 2. The summed E-state index contributed by atoms with van der Waals surface area (Å²) in [5.74, 6) is 1.76. The van der Waals surface area contributed by atoms with Crippen LogP contribution in [0.15, 0.2) is 47.0 Å². The van der Waals surface area contributed by atoms with Crippen LogP contribution in [0, 0.1) is 5.92 Å². The lowest BCUT2D eigenvalue weighted by Crippen LogP contribution is -2.37. The van der Waals surface area contributed by atoms with Gasteiger partial charge in [-0.25, -0.2) is 0 Å². The number of amides is 1. The predicted molar refractivity (Wildman–Crippen MR) is 102 cm³/mol. The Morgan fingerprint density at radius 3 is 2.89 bits per heavy atom. The first-order valence-electron chi connectivity index (χ1n) is 8.79. The molecule has 2 aromatic carbocycles. The number of hydrogen-bond donors (Lipinski definition) is 1. The lowest BCUT2D eigenvalue weighted by Gasteiger charge is -2.25. The maximum Gasteiger partial charge on any atom is 0.257 e. The van der Waals surface area contributed by atoms with E-state index in [-0.39, 0.29) is 18.4 Å². The van der Waals surface area contributed by atoms with Crippen LogP contribution in [0.1, 0.15) is 11.4 Å². The van der Waals surface area contributed by atoms with Gasteiger partial charge in [0.25, 0.3) is 5.89 Å². The molecule has 1 aliphatic heterocycles. The Bertz CT molecular complexity index is 987. The fourth-order valence-corrected chi connectivity index (χ4v) is 3.20. The van der Waals surface area contributed by atoms with Gasteiger partial charge in [-0.3, -0.25) is 4.79 Å². The van der Waals surface area contributed by atoms with Gasteiger partial charge in [0.15, 0.2) is 17.3 Å². The number of carbonyl (C=O) groups is 1. The van der Waals surface area contributed by atoms with E-state index >= 15 is 0 Å². The summed E-state index contributed by atoms with van der Waals surface area (Å²) in [5.41, 5.74) is 1.72. The topological polar surface area (TPSA) is 86.5 Å². The van der Waals surface area contributed by atoms with Crippen molar-refractivity contribution in [1.29, 1.82) is 0 Å². The molecule has 0 bridgehead atoms. The zero-order valence-electron chi connectivity index (χ0n) is 15.1. The van der Waals surface area contributed by atoms with Gasteiger partial charge in [0.2, 0.25) is 5.91 Å². The number of fused-ring (bicyclic) bond motifs is 1. The highest BCUT2D eigenvalue weighted by Gasteiger charge is 2.28. The molecule has 2 heterocycles. The summed E-state index contributed by atoms with van der Waals surface area (Å²) in [6.45, 7) is 0.471. The third kappa shape index (κ3) is 3.80. The zero-order valence-corrected chi connectivity index (χ0v) is 15.9. The van der Waals surface area contributed by atoms with Gasteiger partial charge in [-0.15, -0.1) is 0 Å². The molecule has 1 unspecified atom stereocenters. The monoisotopic (exact) mass is 399 g/mol. The van der Waals surface area contributed by atoms with Gasteiger partial charge in [-0.2, -0.15) is 4.98 Å². The molecule has 7 nitrogen and oxygen atoms in total. The van der Waals surface area contributed by atoms with Crippen LogP contribution in [0.3, 0.4) is 0 Å². The van der Waals surface area contributed by atoms with E-state index in [1.807, 2.05) is 18.2 Å². The van der Waals surface area contributed by atoms with Crippen LogP contribution in [-0.4, -0.2) is 29.8 Å². The van der Waals surface area contributed by atoms with Crippen molar-refractivity contribution >= 4 is 17.5 Å². The first-order chi connectivity index (χ1) is 13.6. The van der Waals surface area contributed by atoms with Crippen LogP contribution in [0.2, 0.25) is 5.02 Å². The molecular weight excluding hydrogens is 382 g/mol. The number of benzene rings is 2. The van der Waals surface area contributed by atoms with E-state index in [2.05, 4.69) is 15.5 Å². The summed E-state index contributed by atoms with van der Waals surface area (Å²) in [6.07, 6.45) is 0.584. The number of ether oxygens (including phenoxy) is 2. The van der Waals surface area contributed by atoms with E-state index in [1.54, 1.807) is 31.4 Å². The zero-order chi connectivity index (χ0) is 19.5. The Hall–Kier alpha value is -3.06. The third-order valence-electron chi connectivity index (χ3n) is 4.53. The second-order valence-corrected chi connectivity index (χ2v) is 6.84. The Balaban J connectivity index is 1.37. The molecule has 0 fully saturated rings. The SMILES string of the molecule is COc1cccc2c1OCC(C(=O)NCc1noc(-c3ccc(Cl)cc3)n1)C2. The molecule has 8 heteroatoms. The summed E-state index contributed by atoms with van der Waals surface area (Å²) in [4.78, 5) is 16.8. The molecular formula is C20H18ClN3O4. The van der Waals surface area contributed by atoms with Gasteiger partial charge in [0.1, 0.15) is 6.61 Å². The molecule has 0 saturated heterocycles. The number of rotatable bonds is 5. The fraction of sp³-hybridized carbons (Fsp3) is 0.250. The predicted octanol–water partition coefficient (Wildman–Crippen LogP) is 3.27. The molecule has 0 spiro atoms. The standard InChI is InChI=1S/C20H18ClN3O4/c1-26-16-4-2-3-13-9-14(11-27-18(13)16)19(25)22-10-17-23-20(28-24-17)12-5-7-15(21)8-6-12/h2-8,14H,9-11H2,1H3,(H,22,25). The van der Waals surface area contributed by atoms with Gasteiger partial charge in [-0.1, -0.05) is 28.9 Å². The van der Waals surface area contributed by atoms with Gasteiger partial charge in [-0.05, 0) is 42.3 Å². The maximum atomic E-state index is 12.5. The molecule has 0 radical (unpaired) electrons. The van der Waals surface area contributed by atoms with E-state index in [4.69, 9.17) is 25.6 Å². The maximum absolute atomic E-state index is 12.5. The lowest BCUT2D eigenvalue weighted by atomic mass is 9.95. The van der Waals surface area contributed by atoms with Gasteiger partial charge in [0.05, 0.1) is 19.6 Å². The number of nitrogens with one attached hydrogen (secondary N) is 1. The highest BCUT2D eigenvalue weighted by Crippen LogP contribution is 2.36. The average Bonchev–Trinajstić information content (AvgIpc) is 3.20. The van der Waals surface area contributed by atoms with Crippen molar-refractivity contribution in [3.05, 3.63) is 58.9 Å². The molecule has 0 saturated carbocycles. The van der Waals surface area contributed by atoms with Crippen molar-refractivity contribution in [2.24, 2.45) is 5.92 Å². The fourth-order valence-electron chi connectivity index (χ4n) is 3.07. The Labute approximate surface area is 166 Å². The van der Waals surface area contributed by atoms with Gasteiger partial charge < -0.3 is 19.3 Å². The Morgan fingerprint density at radius 1 is 1.29 bits per heavy atom. The number of hydrogen-bond acceptors (Lipinski definition) is 6. The molecule has 3 aromatic rings. The minimum atomic E-state index is -0.290. The van der Waals surface area contributed by atoms with E-state index in [0.717, 1.165) is 11.1 Å². The van der Waals surface area contributed by atoms with E-state index in [1.165, 1.54) is 0 Å². The third-order valence-corrected chi connectivity index (χ3v) is 4.78. The molecule has 28 heavy (non-hydrogen) atoms. The van der Waals surface area contributed by atoms with Crippen LogP contribution in [0.4, 0.5) is 0 Å². The smallest absolute Gasteiger partial charge is 0.257 e. The van der Waals surface area contributed by atoms with Crippen LogP contribution in [0.5, 0.6) is 11.5 Å². The quantitative estimate of drug-likeness (QED) is 0.708. The van der Waals surface area contributed by atoms with Crippen molar-refractivity contribution in [3.8, 4) is 23.0 Å². The minimum Gasteiger partial charge on any atom is -0.493 e. The average molecular weight is 400 g/mol. The number of carbonyl (C=O) groups excluding carboxylic acids is 1. The number of aromatic nitrogens is 2. The molecule has 1 N–H and O–H groups in total. The van der Waals surface area contributed by atoms with Crippen molar-refractivity contribution < 1.29 is 18.8 Å². The van der Waals surface area contributed by atoms with E-state index < -0.39 is 0 Å². The van der Waals surface area contributed by atoms with Crippen molar-refractivity contribution in [3.63, 3.8) is 0 Å². The van der Waals surface area contributed by atoms with Crippen LogP contribution in [0.25, 0.3) is 11.5 Å². The van der Waals surface area contributed by atoms with Gasteiger partial charge in [0, 0.05) is 10.6 Å². The Kier molecular flexibility index (Phi) is 5.16. The largest absolute Gasteiger partial charge is 0.493 e. The van der Waals surface area contributed by atoms with Crippen molar-refractivity contribution in [2.75, 3.05) is 13.7 Å². The number of para-hydroxylation sites is 1. The van der Waals surface area contributed by atoms with Crippen molar-refractivity contribution in [1.82, 2.24) is 15.5 Å². The number of methoxy groups -OCH3 is 1. The van der Waals surface area contributed by atoms with E-state index in [9.17, 15) is 4.79 Å². The summed E-state index contributed by atoms with van der Waals surface area (Å²) in [6, 6.07) is 12.8. The lowest BCUT2D eigenvalue weighted by molar-refractivity contribution is -0.126. The van der Waals surface area contributed by atoms with E-state index in [0.29, 0.717) is 41.3 Å². The summed E-state index contributed by atoms with van der Waals surface area (Å²) in [7, 11) is 1.60. The summed E-state index contributed by atoms with van der Waals surface area (Å²) < 4.78 is 16.3. The minimum absolute atomic E-state index is 0.119. The first kappa shape index (κ1) is 18.3. The summed E-state index contributed by atoms with van der Waals surface area (Å²) >= 11 is 5.88. The molecule has 1 aromatic heterocycles. The Morgan fingerprint density at radius 2 is 2.11 bits per heavy atom. The highest BCUT2D eigenvalue weighted by molar-refractivity contribution is 6.30. The number of halogens is 1.